The van der Waals surface area contributed by atoms with Crippen LogP contribution in [0, 0.1) is 26.8 Å². The molecule has 0 heterocycles. The minimum absolute atomic E-state index is 0. The van der Waals surface area contributed by atoms with E-state index in [0.717, 1.165) is 5.75 Å². The molecule has 0 spiro atoms. The van der Waals surface area contributed by atoms with Crippen molar-refractivity contribution in [3.63, 3.8) is 0 Å². The molecular weight excluding hydrogens is 831 g/mol. The summed E-state index contributed by atoms with van der Waals surface area (Å²) in [5.41, 5.74) is 19.6. The Morgan fingerprint density at radius 3 is 1.81 bits per heavy atom. The molecule has 3 aliphatic carbocycles. The molecule has 0 aliphatic heterocycles. The van der Waals surface area contributed by atoms with Crippen LogP contribution in [0.15, 0.2) is 94.6 Å². The number of rotatable bonds is 3. The molecule has 304 valence electrons. The summed E-state index contributed by atoms with van der Waals surface area (Å²) in [5.74, 6) is 1.47. The Hall–Kier alpha value is -2.29. The molecule has 0 aromatic heterocycles. The Labute approximate surface area is 374 Å². The smallest absolute Gasteiger partial charge is 1.00 e. The van der Waals surface area contributed by atoms with Gasteiger partial charge in [0.05, 0.1) is 7.11 Å². The number of allylic oxidation sites excluding steroid dienone is 8. The van der Waals surface area contributed by atoms with E-state index in [1.165, 1.54) is 96.8 Å². The summed E-state index contributed by atoms with van der Waals surface area (Å²) in [7, 11) is 1.81. The first-order valence-electron chi connectivity index (χ1n) is 20.3. The Kier molecular flexibility index (Phi) is 16.3. The molecule has 4 aromatic carbocycles. The molecule has 0 radical (unpaired) electrons. The van der Waals surface area contributed by atoms with Gasteiger partial charge in [0, 0.05) is 0 Å². The standard InChI is InChI=1S/C29H39O.C21H21.C2H6Si.2ClH.Zr/c1-18-12-19-16-24(29(8,9)10)26(30-11)25(23(19)13-18)20-14-21(27(2,3)4)17-22(15-20)28(5,6)7;1-13-7-14(2)10-18(9-13)21-19-6-4-5-16(19)12-17-8-15(3)11-20(17)21;1-3-2;;;/h12-17H,1-11H3;7,9-12,21H,4-6H2,1-3H3;1-2H3;2*1H;/q2*-1;;;;+2/p-2. The minimum atomic E-state index is -0.00600. The molecule has 0 saturated heterocycles. The first-order chi connectivity index (χ1) is 25.5. The van der Waals surface area contributed by atoms with Crippen LogP contribution >= 0.6 is 0 Å². The van der Waals surface area contributed by atoms with Gasteiger partial charge in [-0.1, -0.05) is 135 Å². The van der Waals surface area contributed by atoms with Crippen LogP contribution in [0.4, 0.5) is 0 Å². The monoisotopic (exact) mass is 894 g/mol. The van der Waals surface area contributed by atoms with Crippen LogP contribution < -0.4 is 29.6 Å². The predicted octanol–water partition coefficient (Wildman–Crippen LogP) is 8.72. The van der Waals surface area contributed by atoms with Crippen LogP contribution in [-0.2, 0) is 39.6 Å². The van der Waals surface area contributed by atoms with E-state index in [1.807, 2.05) is 7.11 Å². The number of benzene rings is 3. The van der Waals surface area contributed by atoms with Gasteiger partial charge >= 0.3 is 41.9 Å². The summed E-state index contributed by atoms with van der Waals surface area (Å²) < 4.78 is 6.13. The fourth-order valence-electron chi connectivity index (χ4n) is 8.38. The van der Waals surface area contributed by atoms with Gasteiger partial charge in [-0.05, 0) is 88.7 Å². The van der Waals surface area contributed by atoms with E-state index < -0.39 is 0 Å². The molecule has 0 amide bonds. The molecular formula is C52H66Cl2OSiZr-2. The van der Waals surface area contributed by atoms with E-state index in [-0.39, 0.29) is 46.5 Å². The van der Waals surface area contributed by atoms with Crippen molar-refractivity contribution in [2.24, 2.45) is 0 Å². The first kappa shape index (κ1) is 49.1. The largest absolute Gasteiger partial charge is 1.00 e. The van der Waals surface area contributed by atoms with Gasteiger partial charge in [0.15, 0.2) is 0 Å². The van der Waals surface area contributed by atoms with E-state index in [4.69, 9.17) is 4.74 Å². The number of hydrogen-bond donors (Lipinski definition) is 0. The Morgan fingerprint density at radius 1 is 0.737 bits per heavy atom. The van der Waals surface area contributed by atoms with Crippen molar-refractivity contribution in [3.05, 3.63) is 140 Å². The van der Waals surface area contributed by atoms with Crippen molar-refractivity contribution in [1.82, 2.24) is 0 Å². The normalized spacial score (nSPS) is 16.1. The van der Waals surface area contributed by atoms with Crippen molar-refractivity contribution in [2.75, 3.05) is 7.11 Å². The second kappa shape index (κ2) is 19.0. The second-order valence-corrected chi connectivity index (χ2v) is 29.0. The zero-order valence-electron chi connectivity index (χ0n) is 37.7. The van der Waals surface area contributed by atoms with E-state index in [0.29, 0.717) is 5.92 Å². The number of methoxy groups -OCH3 is 1. The van der Waals surface area contributed by atoms with Crippen molar-refractivity contribution in [1.29, 1.82) is 0 Å². The van der Waals surface area contributed by atoms with Gasteiger partial charge in [-0.15, -0.1) is 46.2 Å². The topological polar surface area (TPSA) is 9.23 Å². The van der Waals surface area contributed by atoms with Crippen LogP contribution in [0.5, 0.6) is 5.75 Å². The number of ether oxygens (including phenoxy) is 1. The van der Waals surface area contributed by atoms with E-state index in [2.05, 4.69) is 176 Å². The molecule has 1 atom stereocenters. The van der Waals surface area contributed by atoms with Crippen molar-refractivity contribution < 1.29 is 52.9 Å². The molecule has 0 bridgehead atoms. The number of hydrogen-bond acceptors (Lipinski definition) is 1. The Bertz CT molecular complexity index is 2200. The molecule has 4 aromatic rings. The van der Waals surface area contributed by atoms with Gasteiger partial charge in [-0.2, -0.15) is 23.3 Å². The van der Waals surface area contributed by atoms with Crippen molar-refractivity contribution in [2.45, 2.75) is 145 Å². The Morgan fingerprint density at radius 2 is 1.30 bits per heavy atom. The van der Waals surface area contributed by atoms with Gasteiger partial charge in [-0.25, -0.2) is 0 Å². The van der Waals surface area contributed by atoms with E-state index >= 15 is 0 Å². The van der Waals surface area contributed by atoms with Gasteiger partial charge in [-0.3, -0.25) is 0 Å². The molecule has 0 fully saturated rings. The predicted molar refractivity (Wildman–Crippen MR) is 238 cm³/mol. The SMILES string of the molecule is CC1=[C-]C2=CC3=C(CCC3)C(c3cc(C)cc(C)c3)C2=C1.COc1c(C(C)(C)C)cc2[cH-]c(C)cc2c1-c1cc(C(C)(C)C)cc(C(C)(C)C)c1.C[Si](C)=[Zr+2].[Cl-].[Cl-]. The maximum Gasteiger partial charge on any atom is -1.00 e. The molecule has 57 heavy (non-hydrogen) atoms. The molecule has 5 heteroatoms. The van der Waals surface area contributed by atoms with Gasteiger partial charge in [0.25, 0.3) is 0 Å². The summed E-state index contributed by atoms with van der Waals surface area (Å²) in [6, 6.07) is 21.1. The summed E-state index contributed by atoms with van der Waals surface area (Å²) in [4.78, 5) is 0. The van der Waals surface area contributed by atoms with Crippen LogP contribution in [0.3, 0.4) is 0 Å². The van der Waals surface area contributed by atoms with Gasteiger partial charge in [0.2, 0.25) is 0 Å². The third-order valence-electron chi connectivity index (χ3n) is 10.9. The van der Waals surface area contributed by atoms with Gasteiger partial charge in [0.1, 0.15) is 5.75 Å². The van der Waals surface area contributed by atoms with Crippen LogP contribution in [-0.4, -0.2) is 12.5 Å². The number of halogens is 2. The fourth-order valence-corrected chi connectivity index (χ4v) is 8.38. The average molecular weight is 897 g/mol. The maximum absolute atomic E-state index is 6.13. The molecule has 1 nitrogen and oxygen atoms in total. The van der Waals surface area contributed by atoms with E-state index in [1.54, 1.807) is 34.5 Å². The summed E-state index contributed by atoms with van der Waals surface area (Å²) >= 11 is 1.74. The third kappa shape index (κ3) is 11.5. The zero-order valence-corrected chi connectivity index (χ0v) is 42.7. The quantitative estimate of drug-likeness (QED) is 0.148. The van der Waals surface area contributed by atoms with Crippen molar-refractivity contribution in [3.8, 4) is 16.9 Å². The molecule has 7 rings (SSSR count). The number of fused-ring (bicyclic) bond motifs is 2. The average Bonchev–Trinajstić information content (AvgIpc) is 3.77. The maximum atomic E-state index is 6.13. The molecule has 0 saturated carbocycles. The van der Waals surface area contributed by atoms with Crippen molar-refractivity contribution >= 4 is 16.2 Å². The summed E-state index contributed by atoms with van der Waals surface area (Å²) in [6.07, 6.45) is 12.1. The Balaban J connectivity index is 0.000000281. The first-order valence-corrected chi connectivity index (χ1v) is 26.5. The summed E-state index contributed by atoms with van der Waals surface area (Å²) in [6.45, 7) is 33.9. The van der Waals surface area contributed by atoms with Crippen LogP contribution in [0.1, 0.15) is 133 Å². The zero-order chi connectivity index (χ0) is 40.8. The fraction of sp³-hybridized carbons (Fsp3) is 0.442. The number of aryl methyl sites for hydroxylation is 3. The summed E-state index contributed by atoms with van der Waals surface area (Å²) in [5, 5.41) is 2.58. The molecule has 3 aliphatic rings. The second-order valence-electron chi connectivity index (χ2n) is 19.6. The third-order valence-corrected chi connectivity index (χ3v) is 10.9. The minimum Gasteiger partial charge on any atom is -1.00 e. The van der Waals surface area contributed by atoms with Crippen LogP contribution in [0.2, 0.25) is 13.1 Å². The molecule has 0 N–H and O–H groups in total. The van der Waals surface area contributed by atoms with Gasteiger partial charge < -0.3 is 29.6 Å². The van der Waals surface area contributed by atoms with E-state index in [9.17, 15) is 0 Å². The molecule has 1 unspecified atom stereocenters. The van der Waals surface area contributed by atoms with Crippen LogP contribution in [0.25, 0.3) is 21.9 Å².